The van der Waals surface area contributed by atoms with Crippen LogP contribution in [0.5, 0.6) is 0 Å². The molecule has 0 bridgehead atoms. The first-order chi connectivity index (χ1) is 13.5. The number of non-ortho nitro benzene ring substituents is 1. The maximum Gasteiger partial charge on any atom is 0.281 e. The van der Waals surface area contributed by atoms with Crippen molar-refractivity contribution in [3.05, 3.63) is 112 Å². The number of nitrogens with zero attached hydrogens (tertiary/aromatic N) is 2. The fourth-order valence-corrected chi connectivity index (χ4v) is 2.72. The number of hydrogen-bond donors (Lipinski definition) is 2. The smallest absolute Gasteiger partial charge is 0.281 e. The standard InChI is InChI=1S/C21H17N3O4/c25-20(23-22-15-16-11-13-19(14-12-16)24(27)28)21(26,17-7-3-1-4-8-17)18-9-5-2-6-10-18/h1-15,26H,(H,23,25)/b22-15-. The second-order valence-corrected chi connectivity index (χ2v) is 5.99. The van der Waals surface area contributed by atoms with E-state index >= 15 is 0 Å². The summed E-state index contributed by atoms with van der Waals surface area (Å²) in [6.45, 7) is 0. The van der Waals surface area contributed by atoms with Gasteiger partial charge in [0, 0.05) is 12.1 Å². The van der Waals surface area contributed by atoms with Crippen LogP contribution in [0.15, 0.2) is 90.0 Å². The van der Waals surface area contributed by atoms with Gasteiger partial charge >= 0.3 is 0 Å². The average Bonchev–Trinajstić information content (AvgIpc) is 2.74. The summed E-state index contributed by atoms with van der Waals surface area (Å²) in [6, 6.07) is 22.8. The molecule has 0 saturated carbocycles. The Morgan fingerprint density at radius 1 is 0.929 bits per heavy atom. The van der Waals surface area contributed by atoms with E-state index in [2.05, 4.69) is 10.5 Å². The van der Waals surface area contributed by atoms with Crippen LogP contribution < -0.4 is 5.43 Å². The Hall–Kier alpha value is -3.84. The van der Waals surface area contributed by atoms with E-state index in [-0.39, 0.29) is 5.69 Å². The molecule has 3 rings (SSSR count). The van der Waals surface area contributed by atoms with Gasteiger partial charge in [-0.2, -0.15) is 5.10 Å². The van der Waals surface area contributed by atoms with E-state index in [1.165, 1.54) is 30.5 Å². The Balaban J connectivity index is 1.83. The lowest BCUT2D eigenvalue weighted by Crippen LogP contribution is -2.43. The summed E-state index contributed by atoms with van der Waals surface area (Å²) >= 11 is 0. The van der Waals surface area contributed by atoms with Gasteiger partial charge in [-0.1, -0.05) is 60.7 Å². The number of carbonyl (C=O) groups is 1. The molecule has 0 aliphatic heterocycles. The summed E-state index contributed by atoms with van der Waals surface area (Å²) < 4.78 is 0. The largest absolute Gasteiger partial charge is 0.372 e. The minimum absolute atomic E-state index is 0.0382. The molecular weight excluding hydrogens is 358 g/mol. The summed E-state index contributed by atoms with van der Waals surface area (Å²) in [4.78, 5) is 23.0. The molecule has 0 radical (unpaired) electrons. The van der Waals surface area contributed by atoms with Crippen LogP contribution in [-0.2, 0) is 10.4 Å². The van der Waals surface area contributed by atoms with Crippen LogP contribution in [0.4, 0.5) is 5.69 Å². The van der Waals surface area contributed by atoms with Crippen molar-refractivity contribution < 1.29 is 14.8 Å². The van der Waals surface area contributed by atoms with Gasteiger partial charge in [0.25, 0.3) is 11.6 Å². The second kappa shape index (κ2) is 8.24. The Labute approximate surface area is 161 Å². The number of amides is 1. The van der Waals surface area contributed by atoms with E-state index in [1.54, 1.807) is 60.7 Å². The van der Waals surface area contributed by atoms with Crippen LogP contribution >= 0.6 is 0 Å². The number of nitro benzene ring substituents is 1. The molecule has 2 N–H and O–H groups in total. The quantitative estimate of drug-likeness (QED) is 0.392. The first-order valence-electron chi connectivity index (χ1n) is 8.43. The zero-order valence-electron chi connectivity index (χ0n) is 14.7. The molecule has 3 aromatic carbocycles. The predicted molar refractivity (Wildman–Crippen MR) is 105 cm³/mol. The van der Waals surface area contributed by atoms with Crippen LogP contribution in [0, 0.1) is 10.1 Å². The van der Waals surface area contributed by atoms with Crippen molar-refractivity contribution in [3.8, 4) is 0 Å². The third-order valence-corrected chi connectivity index (χ3v) is 4.20. The topological polar surface area (TPSA) is 105 Å². The molecule has 0 atom stereocenters. The Bertz CT molecular complexity index is 948. The van der Waals surface area contributed by atoms with Crippen molar-refractivity contribution in [3.63, 3.8) is 0 Å². The molecule has 0 heterocycles. The third kappa shape index (κ3) is 3.94. The number of carbonyl (C=O) groups excluding carboxylic acids is 1. The maximum absolute atomic E-state index is 12.8. The molecule has 0 aromatic heterocycles. The summed E-state index contributed by atoms with van der Waals surface area (Å²) in [6.07, 6.45) is 1.35. The van der Waals surface area contributed by atoms with Crippen LogP contribution in [0.2, 0.25) is 0 Å². The van der Waals surface area contributed by atoms with Gasteiger partial charge in [0.2, 0.25) is 0 Å². The molecule has 1 amide bonds. The van der Waals surface area contributed by atoms with Crippen LogP contribution in [-0.4, -0.2) is 22.2 Å². The van der Waals surface area contributed by atoms with E-state index in [4.69, 9.17) is 0 Å². The number of nitrogens with one attached hydrogen (secondary N) is 1. The summed E-state index contributed by atoms with van der Waals surface area (Å²) in [5, 5.41) is 25.8. The SMILES string of the molecule is O=C(N/N=C\c1ccc([N+](=O)[O-])cc1)C(O)(c1ccccc1)c1ccccc1. The van der Waals surface area contributed by atoms with Crippen molar-refractivity contribution in [2.45, 2.75) is 5.60 Å². The lowest BCUT2D eigenvalue weighted by atomic mass is 9.85. The van der Waals surface area contributed by atoms with E-state index in [1.807, 2.05) is 0 Å². The first-order valence-corrected chi connectivity index (χ1v) is 8.43. The molecule has 0 spiro atoms. The highest BCUT2D eigenvalue weighted by molar-refractivity contribution is 5.91. The molecular formula is C21H17N3O4. The van der Waals surface area contributed by atoms with Gasteiger partial charge < -0.3 is 5.11 Å². The van der Waals surface area contributed by atoms with E-state index in [0.29, 0.717) is 16.7 Å². The average molecular weight is 375 g/mol. The normalized spacial score (nSPS) is 11.3. The third-order valence-electron chi connectivity index (χ3n) is 4.20. The lowest BCUT2D eigenvalue weighted by molar-refractivity contribution is -0.384. The van der Waals surface area contributed by atoms with Crippen molar-refractivity contribution in [2.24, 2.45) is 5.10 Å². The number of hydrazone groups is 1. The van der Waals surface area contributed by atoms with Crippen LogP contribution in [0.3, 0.4) is 0 Å². The fourth-order valence-electron chi connectivity index (χ4n) is 2.72. The van der Waals surface area contributed by atoms with Gasteiger partial charge in [0.15, 0.2) is 5.60 Å². The molecule has 0 fully saturated rings. The van der Waals surface area contributed by atoms with Gasteiger partial charge in [0.1, 0.15) is 0 Å². The molecule has 0 aliphatic carbocycles. The predicted octanol–water partition coefficient (Wildman–Crippen LogP) is 2.98. The van der Waals surface area contributed by atoms with Gasteiger partial charge in [-0.15, -0.1) is 0 Å². The molecule has 0 unspecified atom stereocenters. The van der Waals surface area contributed by atoms with Crippen LogP contribution in [0.1, 0.15) is 16.7 Å². The molecule has 3 aromatic rings. The minimum Gasteiger partial charge on any atom is -0.372 e. The zero-order chi connectivity index (χ0) is 20.0. The number of rotatable bonds is 6. The summed E-state index contributed by atoms with van der Waals surface area (Å²) in [5.74, 6) is -0.719. The number of hydrogen-bond acceptors (Lipinski definition) is 5. The lowest BCUT2D eigenvalue weighted by Gasteiger charge is -2.27. The van der Waals surface area contributed by atoms with E-state index < -0.39 is 16.4 Å². The van der Waals surface area contributed by atoms with Crippen molar-refractivity contribution in [1.29, 1.82) is 0 Å². The molecule has 28 heavy (non-hydrogen) atoms. The Morgan fingerprint density at radius 3 is 1.89 bits per heavy atom. The first kappa shape index (κ1) is 18.9. The molecule has 0 saturated heterocycles. The highest BCUT2D eigenvalue weighted by Gasteiger charge is 2.39. The Morgan fingerprint density at radius 2 is 1.43 bits per heavy atom. The maximum atomic E-state index is 12.8. The van der Waals surface area contributed by atoms with E-state index in [0.717, 1.165) is 0 Å². The number of aliphatic hydroxyl groups is 1. The molecule has 140 valence electrons. The Kier molecular flexibility index (Phi) is 5.57. The minimum atomic E-state index is -1.92. The van der Waals surface area contributed by atoms with Gasteiger partial charge in [-0.25, -0.2) is 5.43 Å². The molecule has 0 aliphatic rings. The molecule has 7 nitrogen and oxygen atoms in total. The highest BCUT2D eigenvalue weighted by atomic mass is 16.6. The van der Waals surface area contributed by atoms with Crippen LogP contribution in [0.25, 0.3) is 0 Å². The highest BCUT2D eigenvalue weighted by Crippen LogP contribution is 2.29. The fraction of sp³-hybridized carbons (Fsp3) is 0.0476. The van der Waals surface area contributed by atoms with Gasteiger partial charge in [-0.05, 0) is 28.8 Å². The number of nitro groups is 1. The van der Waals surface area contributed by atoms with Crippen molar-refractivity contribution in [1.82, 2.24) is 5.43 Å². The number of benzene rings is 3. The zero-order valence-corrected chi connectivity index (χ0v) is 14.7. The van der Waals surface area contributed by atoms with E-state index in [9.17, 15) is 20.0 Å². The summed E-state index contributed by atoms with van der Waals surface area (Å²) in [7, 11) is 0. The van der Waals surface area contributed by atoms with Gasteiger partial charge in [-0.3, -0.25) is 14.9 Å². The molecule has 7 heteroatoms. The summed E-state index contributed by atoms with van der Waals surface area (Å²) in [5.41, 5.74) is 1.77. The van der Waals surface area contributed by atoms with Crippen molar-refractivity contribution >= 4 is 17.8 Å². The monoisotopic (exact) mass is 375 g/mol. The second-order valence-electron chi connectivity index (χ2n) is 5.99. The van der Waals surface area contributed by atoms with Crippen molar-refractivity contribution in [2.75, 3.05) is 0 Å². The van der Waals surface area contributed by atoms with Gasteiger partial charge in [0.05, 0.1) is 11.1 Å².